The number of nitrogens with zero attached hydrogens (tertiary/aromatic N) is 3. The van der Waals surface area contributed by atoms with E-state index in [0.29, 0.717) is 0 Å². The van der Waals surface area contributed by atoms with Gasteiger partial charge in [-0.1, -0.05) is 6.07 Å². The minimum absolute atomic E-state index is 1.07. The molecule has 0 bridgehead atoms. The number of piperazine rings is 1. The summed E-state index contributed by atoms with van der Waals surface area (Å²) in [5.74, 6) is 0. The largest absolute Gasteiger partial charge is 0.368 e. The molecule has 0 saturated carbocycles. The number of aromatic nitrogens is 1. The molecular formula is C14H20N4. The molecule has 1 aliphatic rings. The topological polar surface area (TPSA) is 23.4 Å². The van der Waals surface area contributed by atoms with Crippen LogP contribution in [-0.4, -0.2) is 45.0 Å². The van der Waals surface area contributed by atoms with Crippen LogP contribution in [0.5, 0.6) is 0 Å². The van der Waals surface area contributed by atoms with Gasteiger partial charge in [0, 0.05) is 57.5 Å². The van der Waals surface area contributed by atoms with Gasteiger partial charge in [-0.3, -0.25) is 4.68 Å². The summed E-state index contributed by atoms with van der Waals surface area (Å²) in [6, 6.07) is 8.78. The summed E-state index contributed by atoms with van der Waals surface area (Å²) in [5.41, 5.74) is 2.63. The SMILES string of the molecule is CN(C)n1ccc2c(N3CCNCC3)cccc21. The second-order valence-corrected chi connectivity index (χ2v) is 4.95. The highest BCUT2D eigenvalue weighted by Gasteiger charge is 2.14. The van der Waals surface area contributed by atoms with Crippen molar-refractivity contribution in [3.05, 3.63) is 30.5 Å². The lowest BCUT2D eigenvalue weighted by Crippen LogP contribution is -2.43. The maximum Gasteiger partial charge on any atom is 0.0715 e. The van der Waals surface area contributed by atoms with Crippen LogP contribution in [0.15, 0.2) is 30.5 Å². The van der Waals surface area contributed by atoms with Gasteiger partial charge in [0.2, 0.25) is 0 Å². The van der Waals surface area contributed by atoms with Crippen LogP contribution < -0.4 is 15.2 Å². The highest BCUT2D eigenvalue weighted by molar-refractivity contribution is 5.93. The van der Waals surface area contributed by atoms with Gasteiger partial charge in [0.1, 0.15) is 0 Å². The van der Waals surface area contributed by atoms with Crippen molar-refractivity contribution in [1.82, 2.24) is 9.99 Å². The zero-order valence-corrected chi connectivity index (χ0v) is 11.1. The third kappa shape index (κ3) is 1.82. The Morgan fingerprint density at radius 1 is 1.11 bits per heavy atom. The Morgan fingerprint density at radius 3 is 2.61 bits per heavy atom. The van der Waals surface area contributed by atoms with E-state index < -0.39 is 0 Å². The first-order valence-corrected chi connectivity index (χ1v) is 6.51. The summed E-state index contributed by atoms with van der Waals surface area (Å²) in [7, 11) is 4.13. The maximum atomic E-state index is 3.40. The monoisotopic (exact) mass is 244 g/mol. The molecule has 4 nitrogen and oxygen atoms in total. The molecule has 0 spiro atoms. The summed E-state index contributed by atoms with van der Waals surface area (Å²) in [4.78, 5) is 2.47. The van der Waals surface area contributed by atoms with Crippen molar-refractivity contribution in [2.45, 2.75) is 0 Å². The van der Waals surface area contributed by atoms with Gasteiger partial charge < -0.3 is 15.2 Å². The van der Waals surface area contributed by atoms with Gasteiger partial charge >= 0.3 is 0 Å². The first-order valence-electron chi connectivity index (χ1n) is 6.51. The number of rotatable bonds is 2. The Labute approximate surface area is 108 Å². The Hall–Kier alpha value is -1.68. The molecule has 0 radical (unpaired) electrons. The summed E-state index contributed by atoms with van der Waals surface area (Å²) >= 11 is 0. The second kappa shape index (κ2) is 4.53. The van der Waals surface area contributed by atoms with Crippen molar-refractivity contribution in [3.63, 3.8) is 0 Å². The van der Waals surface area contributed by atoms with Gasteiger partial charge in [-0.2, -0.15) is 0 Å². The molecule has 4 heteroatoms. The summed E-state index contributed by atoms with van der Waals surface area (Å²) in [6.07, 6.45) is 2.14. The van der Waals surface area contributed by atoms with Gasteiger partial charge in [-0.25, -0.2) is 0 Å². The van der Waals surface area contributed by atoms with Crippen LogP contribution >= 0.6 is 0 Å². The average molecular weight is 244 g/mol. The van der Waals surface area contributed by atoms with Gasteiger partial charge in [0.05, 0.1) is 5.52 Å². The summed E-state index contributed by atoms with van der Waals surface area (Å²) in [6.45, 7) is 4.33. The molecule has 1 aliphatic heterocycles. The molecule has 1 aromatic heterocycles. The molecule has 18 heavy (non-hydrogen) atoms. The van der Waals surface area contributed by atoms with Crippen LogP contribution in [0.2, 0.25) is 0 Å². The first-order chi connectivity index (χ1) is 8.77. The van der Waals surface area contributed by atoms with Crippen molar-refractivity contribution < 1.29 is 0 Å². The van der Waals surface area contributed by atoms with E-state index in [1.54, 1.807) is 0 Å². The molecular weight excluding hydrogens is 224 g/mol. The van der Waals surface area contributed by atoms with Crippen LogP contribution in [-0.2, 0) is 0 Å². The molecule has 0 aliphatic carbocycles. The predicted octanol–water partition coefficient (Wildman–Crippen LogP) is 1.25. The fraction of sp³-hybridized carbons (Fsp3) is 0.429. The number of nitrogens with one attached hydrogen (secondary N) is 1. The van der Waals surface area contributed by atoms with Crippen LogP contribution in [0.1, 0.15) is 0 Å². The third-order valence-corrected chi connectivity index (χ3v) is 3.58. The molecule has 0 unspecified atom stereocenters. The lowest BCUT2D eigenvalue weighted by atomic mass is 10.2. The van der Waals surface area contributed by atoms with Crippen molar-refractivity contribution in [1.29, 1.82) is 0 Å². The number of hydrogen-bond acceptors (Lipinski definition) is 3. The minimum Gasteiger partial charge on any atom is -0.368 e. The molecule has 3 rings (SSSR count). The molecule has 2 aromatic rings. The van der Waals surface area contributed by atoms with Crippen molar-refractivity contribution in [3.8, 4) is 0 Å². The molecule has 1 saturated heterocycles. The lowest BCUT2D eigenvalue weighted by molar-refractivity contribution is 0.590. The zero-order chi connectivity index (χ0) is 12.5. The smallest absolute Gasteiger partial charge is 0.0715 e. The second-order valence-electron chi connectivity index (χ2n) is 4.95. The third-order valence-electron chi connectivity index (χ3n) is 3.58. The van der Waals surface area contributed by atoms with Gasteiger partial charge in [0.15, 0.2) is 0 Å². The van der Waals surface area contributed by atoms with Crippen molar-refractivity contribution in [2.24, 2.45) is 0 Å². The molecule has 1 aromatic carbocycles. The number of fused-ring (bicyclic) bond motifs is 1. The van der Waals surface area contributed by atoms with E-state index in [4.69, 9.17) is 0 Å². The molecule has 2 heterocycles. The minimum atomic E-state index is 1.07. The first kappa shape index (κ1) is 11.4. The van der Waals surface area contributed by atoms with Crippen LogP contribution in [0, 0.1) is 0 Å². The van der Waals surface area contributed by atoms with Crippen LogP contribution in [0.3, 0.4) is 0 Å². The number of benzene rings is 1. The van der Waals surface area contributed by atoms with Crippen LogP contribution in [0.4, 0.5) is 5.69 Å². The quantitative estimate of drug-likeness (QED) is 0.860. The highest BCUT2D eigenvalue weighted by atomic mass is 15.5. The van der Waals surface area contributed by atoms with E-state index in [1.165, 1.54) is 16.6 Å². The number of hydrogen-bond donors (Lipinski definition) is 1. The predicted molar refractivity (Wildman–Crippen MR) is 77.1 cm³/mol. The van der Waals surface area contributed by atoms with E-state index in [9.17, 15) is 0 Å². The molecule has 1 fully saturated rings. The Bertz CT molecular complexity index is 538. The van der Waals surface area contributed by atoms with Gasteiger partial charge in [-0.05, 0) is 18.2 Å². The van der Waals surface area contributed by atoms with E-state index in [-0.39, 0.29) is 0 Å². The Kier molecular flexibility index (Phi) is 2.88. The Morgan fingerprint density at radius 2 is 1.89 bits per heavy atom. The highest BCUT2D eigenvalue weighted by Crippen LogP contribution is 2.27. The lowest BCUT2D eigenvalue weighted by Gasteiger charge is -2.30. The molecule has 1 N–H and O–H groups in total. The van der Waals surface area contributed by atoms with Gasteiger partial charge in [0.25, 0.3) is 0 Å². The van der Waals surface area contributed by atoms with E-state index in [0.717, 1.165) is 26.2 Å². The summed E-state index contributed by atoms with van der Waals surface area (Å²) < 4.78 is 2.18. The fourth-order valence-corrected chi connectivity index (χ4v) is 2.67. The normalized spacial score (nSPS) is 16.2. The van der Waals surface area contributed by atoms with Gasteiger partial charge in [-0.15, -0.1) is 0 Å². The van der Waals surface area contributed by atoms with Crippen molar-refractivity contribution in [2.75, 3.05) is 50.2 Å². The van der Waals surface area contributed by atoms with E-state index in [1.807, 2.05) is 0 Å². The van der Waals surface area contributed by atoms with Crippen molar-refractivity contribution >= 4 is 16.6 Å². The maximum absolute atomic E-state index is 3.40. The summed E-state index contributed by atoms with van der Waals surface area (Å²) in [5, 5.41) is 6.84. The zero-order valence-electron chi connectivity index (χ0n) is 11.1. The molecule has 0 atom stereocenters. The van der Waals surface area contributed by atoms with Crippen LogP contribution in [0.25, 0.3) is 10.9 Å². The number of anilines is 1. The average Bonchev–Trinajstić information content (AvgIpc) is 2.83. The standard InChI is InChI=1S/C14H20N4/c1-16(2)18-9-6-12-13(4-3-5-14(12)18)17-10-7-15-8-11-17/h3-6,9,15H,7-8,10-11H2,1-2H3. The van der Waals surface area contributed by atoms with E-state index in [2.05, 4.69) is 64.5 Å². The fourth-order valence-electron chi connectivity index (χ4n) is 2.67. The molecule has 96 valence electrons. The Balaban J connectivity index is 2.07. The molecule has 0 amide bonds. The van der Waals surface area contributed by atoms with E-state index >= 15 is 0 Å².